The standard InChI is InChI=1S/C27H35ClN2O2/c1-21-8-6-17-30(20-21)18-7-19-32-23-13-11-22(12-14-23)29-26(31)27(15-4-5-16-27)24-9-2-3-10-25(24)28/h2-3,9-14,21H,4-8,15-20H2,1H3,(H,29,31)/t21-/m1/s1. The number of amides is 1. The summed E-state index contributed by atoms with van der Waals surface area (Å²) in [7, 11) is 0. The van der Waals surface area contributed by atoms with Crippen molar-refractivity contribution in [2.45, 2.75) is 57.3 Å². The van der Waals surface area contributed by atoms with Crippen LogP contribution in [-0.4, -0.2) is 37.0 Å². The van der Waals surface area contributed by atoms with Crippen LogP contribution in [0.25, 0.3) is 0 Å². The van der Waals surface area contributed by atoms with Gasteiger partial charge in [-0.1, -0.05) is 49.6 Å². The number of hydrogen-bond acceptors (Lipinski definition) is 3. The Balaban J connectivity index is 1.30. The Morgan fingerprint density at radius 2 is 1.88 bits per heavy atom. The predicted molar refractivity (Wildman–Crippen MR) is 132 cm³/mol. The van der Waals surface area contributed by atoms with E-state index >= 15 is 0 Å². The summed E-state index contributed by atoms with van der Waals surface area (Å²) in [6.45, 7) is 6.58. The molecule has 1 aliphatic heterocycles. The number of benzene rings is 2. The molecule has 1 amide bonds. The summed E-state index contributed by atoms with van der Waals surface area (Å²) < 4.78 is 5.93. The van der Waals surface area contributed by atoms with Crippen LogP contribution in [0.15, 0.2) is 48.5 Å². The SMILES string of the molecule is C[C@@H]1CCCN(CCCOc2ccc(NC(=O)C3(c4ccccc4Cl)CCCC3)cc2)C1. The Hall–Kier alpha value is -2.04. The van der Waals surface area contributed by atoms with Crippen molar-refractivity contribution in [3.05, 3.63) is 59.1 Å². The van der Waals surface area contributed by atoms with Crippen molar-refractivity contribution in [2.75, 3.05) is 31.6 Å². The molecule has 2 aliphatic rings. The normalized spacial score (nSPS) is 20.8. The van der Waals surface area contributed by atoms with Gasteiger partial charge in [0.25, 0.3) is 0 Å². The molecule has 172 valence electrons. The molecule has 4 nitrogen and oxygen atoms in total. The van der Waals surface area contributed by atoms with Gasteiger partial charge in [0, 0.05) is 23.8 Å². The van der Waals surface area contributed by atoms with Gasteiger partial charge in [0.15, 0.2) is 0 Å². The first-order chi connectivity index (χ1) is 15.6. The molecule has 2 aromatic rings. The van der Waals surface area contributed by atoms with Gasteiger partial charge >= 0.3 is 0 Å². The number of halogens is 1. The largest absolute Gasteiger partial charge is 0.494 e. The number of rotatable bonds is 8. The molecule has 2 aromatic carbocycles. The van der Waals surface area contributed by atoms with E-state index in [2.05, 4.69) is 17.1 Å². The molecular weight excluding hydrogens is 420 g/mol. The summed E-state index contributed by atoms with van der Waals surface area (Å²) in [6.07, 6.45) is 7.45. The van der Waals surface area contributed by atoms with Crippen molar-refractivity contribution >= 4 is 23.2 Å². The highest BCUT2D eigenvalue weighted by Crippen LogP contribution is 2.44. The Labute approximate surface area is 197 Å². The van der Waals surface area contributed by atoms with Crippen molar-refractivity contribution in [2.24, 2.45) is 5.92 Å². The molecule has 1 atom stereocenters. The second-order valence-corrected chi connectivity index (χ2v) is 9.90. The minimum absolute atomic E-state index is 0.0347. The molecule has 32 heavy (non-hydrogen) atoms. The van der Waals surface area contributed by atoms with E-state index in [4.69, 9.17) is 16.3 Å². The fourth-order valence-corrected chi connectivity index (χ4v) is 5.62. The summed E-state index contributed by atoms with van der Waals surface area (Å²) in [5, 5.41) is 3.81. The number of ether oxygens (including phenoxy) is 1. The second-order valence-electron chi connectivity index (χ2n) is 9.50. The van der Waals surface area contributed by atoms with E-state index < -0.39 is 5.41 Å². The summed E-state index contributed by atoms with van der Waals surface area (Å²) in [4.78, 5) is 15.9. The molecule has 5 heteroatoms. The third kappa shape index (κ3) is 5.47. The van der Waals surface area contributed by atoms with Crippen molar-refractivity contribution < 1.29 is 9.53 Å². The summed E-state index contributed by atoms with van der Waals surface area (Å²) in [6, 6.07) is 15.5. The number of carbonyl (C=O) groups is 1. The van der Waals surface area contributed by atoms with Crippen LogP contribution in [0.5, 0.6) is 5.75 Å². The zero-order valence-corrected chi connectivity index (χ0v) is 19.9. The van der Waals surface area contributed by atoms with Crippen LogP contribution in [0.1, 0.15) is 57.4 Å². The van der Waals surface area contributed by atoms with Crippen LogP contribution in [-0.2, 0) is 10.2 Å². The Kier molecular flexibility index (Phi) is 7.75. The highest BCUT2D eigenvalue weighted by molar-refractivity contribution is 6.31. The summed E-state index contributed by atoms with van der Waals surface area (Å²) >= 11 is 6.48. The highest BCUT2D eigenvalue weighted by atomic mass is 35.5. The van der Waals surface area contributed by atoms with Gasteiger partial charge in [-0.05, 0) is 80.5 Å². The lowest BCUT2D eigenvalue weighted by molar-refractivity contribution is -0.121. The summed E-state index contributed by atoms with van der Waals surface area (Å²) in [5.41, 5.74) is 1.20. The Bertz CT molecular complexity index is 893. The molecule has 1 aliphatic carbocycles. The van der Waals surface area contributed by atoms with Crippen LogP contribution < -0.4 is 10.1 Å². The highest BCUT2D eigenvalue weighted by Gasteiger charge is 2.43. The van der Waals surface area contributed by atoms with Gasteiger partial charge in [-0.2, -0.15) is 0 Å². The molecular formula is C27H35ClN2O2. The first-order valence-electron chi connectivity index (χ1n) is 12.1. The maximum atomic E-state index is 13.4. The molecule has 2 fully saturated rings. The van der Waals surface area contributed by atoms with Crippen molar-refractivity contribution in [1.29, 1.82) is 0 Å². The molecule has 0 spiro atoms. The lowest BCUT2D eigenvalue weighted by Crippen LogP contribution is -2.38. The van der Waals surface area contributed by atoms with Gasteiger partial charge in [0.1, 0.15) is 5.75 Å². The van der Waals surface area contributed by atoms with Crippen LogP contribution in [0.2, 0.25) is 5.02 Å². The zero-order valence-electron chi connectivity index (χ0n) is 19.1. The molecule has 1 saturated carbocycles. The lowest BCUT2D eigenvalue weighted by Gasteiger charge is -2.30. The van der Waals surface area contributed by atoms with Crippen molar-refractivity contribution in [3.8, 4) is 5.75 Å². The Morgan fingerprint density at radius 1 is 1.12 bits per heavy atom. The van der Waals surface area contributed by atoms with E-state index in [1.165, 1.54) is 25.9 Å². The first kappa shape index (κ1) is 23.1. The Morgan fingerprint density at radius 3 is 2.59 bits per heavy atom. The molecule has 0 bridgehead atoms. The third-order valence-corrected chi connectivity index (χ3v) is 7.35. The topological polar surface area (TPSA) is 41.6 Å². The first-order valence-corrected chi connectivity index (χ1v) is 12.5. The number of nitrogens with one attached hydrogen (secondary N) is 1. The van der Waals surface area contributed by atoms with E-state index in [0.29, 0.717) is 11.6 Å². The van der Waals surface area contributed by atoms with Crippen LogP contribution in [0.4, 0.5) is 5.69 Å². The maximum Gasteiger partial charge on any atom is 0.235 e. The van der Waals surface area contributed by atoms with Crippen LogP contribution in [0, 0.1) is 5.92 Å². The predicted octanol–water partition coefficient (Wildman–Crippen LogP) is 6.29. The molecule has 0 unspecified atom stereocenters. The number of hydrogen-bond donors (Lipinski definition) is 1. The van der Waals surface area contributed by atoms with Gasteiger partial charge < -0.3 is 15.0 Å². The van der Waals surface area contributed by atoms with Crippen LogP contribution >= 0.6 is 11.6 Å². The average molecular weight is 455 g/mol. The number of likely N-dealkylation sites (tertiary alicyclic amines) is 1. The average Bonchev–Trinajstić information content (AvgIpc) is 3.29. The van der Waals surface area contributed by atoms with Gasteiger partial charge in [-0.25, -0.2) is 0 Å². The van der Waals surface area contributed by atoms with Gasteiger partial charge in [-0.3, -0.25) is 4.79 Å². The molecule has 1 saturated heterocycles. The number of nitrogens with zero attached hydrogens (tertiary/aromatic N) is 1. The quantitative estimate of drug-likeness (QED) is 0.476. The van der Waals surface area contributed by atoms with E-state index in [1.54, 1.807) is 0 Å². The zero-order chi connectivity index (χ0) is 22.4. The maximum absolute atomic E-state index is 13.4. The van der Waals surface area contributed by atoms with Gasteiger partial charge in [0.05, 0.1) is 12.0 Å². The van der Waals surface area contributed by atoms with Crippen molar-refractivity contribution in [1.82, 2.24) is 4.90 Å². The van der Waals surface area contributed by atoms with Gasteiger partial charge in [0.2, 0.25) is 5.91 Å². The fourth-order valence-electron chi connectivity index (χ4n) is 5.30. The summed E-state index contributed by atoms with van der Waals surface area (Å²) in [5.74, 6) is 1.69. The minimum Gasteiger partial charge on any atom is -0.494 e. The lowest BCUT2D eigenvalue weighted by atomic mass is 9.78. The minimum atomic E-state index is -0.542. The van der Waals surface area contributed by atoms with Crippen LogP contribution in [0.3, 0.4) is 0 Å². The van der Waals surface area contributed by atoms with Gasteiger partial charge in [-0.15, -0.1) is 0 Å². The molecule has 1 N–H and O–H groups in total. The van der Waals surface area contributed by atoms with Crippen molar-refractivity contribution in [3.63, 3.8) is 0 Å². The van der Waals surface area contributed by atoms with E-state index in [9.17, 15) is 4.79 Å². The van der Waals surface area contributed by atoms with E-state index in [-0.39, 0.29) is 5.91 Å². The monoisotopic (exact) mass is 454 g/mol. The number of carbonyl (C=O) groups excluding carboxylic acids is 1. The number of piperidine rings is 1. The number of anilines is 1. The van der Waals surface area contributed by atoms with E-state index in [1.807, 2.05) is 48.5 Å². The third-order valence-electron chi connectivity index (χ3n) is 7.02. The molecule has 4 rings (SSSR count). The second kappa shape index (κ2) is 10.7. The smallest absolute Gasteiger partial charge is 0.235 e. The fraction of sp³-hybridized carbons (Fsp3) is 0.519. The molecule has 1 heterocycles. The molecule has 0 radical (unpaired) electrons. The van der Waals surface area contributed by atoms with E-state index in [0.717, 1.165) is 61.6 Å². The molecule has 0 aromatic heterocycles.